The van der Waals surface area contributed by atoms with Crippen molar-refractivity contribution in [1.82, 2.24) is 4.90 Å². The number of ether oxygens (including phenoxy) is 1. The normalized spacial score (nSPS) is 14.5. The van der Waals surface area contributed by atoms with Gasteiger partial charge < -0.3 is 9.64 Å². The van der Waals surface area contributed by atoms with Crippen LogP contribution in [-0.2, 0) is 4.74 Å². The molecule has 0 radical (unpaired) electrons. The van der Waals surface area contributed by atoms with E-state index in [4.69, 9.17) is 4.74 Å². The maximum Gasteiger partial charge on any atom is 0.0646 e. The fraction of sp³-hybridized carbons (Fsp3) is 0.533. The van der Waals surface area contributed by atoms with Crippen LogP contribution in [0.2, 0.25) is 0 Å². The molecule has 0 aromatic heterocycles. The summed E-state index contributed by atoms with van der Waals surface area (Å²) in [7, 11) is 3.94. The summed E-state index contributed by atoms with van der Waals surface area (Å²) < 4.78 is 5.09. The summed E-state index contributed by atoms with van der Waals surface area (Å²) in [6.07, 6.45) is 2.18. The summed E-state index contributed by atoms with van der Waals surface area (Å²) in [5.41, 5.74) is 1.51. The molecular formula is C15H22N2O. The quantitative estimate of drug-likeness (QED) is 0.695. The van der Waals surface area contributed by atoms with Crippen molar-refractivity contribution in [2.24, 2.45) is 4.99 Å². The first-order valence-corrected chi connectivity index (χ1v) is 6.60. The molecule has 0 aliphatic carbocycles. The zero-order valence-electron chi connectivity index (χ0n) is 11.4. The van der Waals surface area contributed by atoms with E-state index in [-0.39, 0.29) is 0 Å². The molecule has 2 rings (SSSR count). The van der Waals surface area contributed by atoms with Crippen LogP contribution in [-0.4, -0.2) is 45.3 Å². The van der Waals surface area contributed by atoms with Crippen molar-refractivity contribution in [3.05, 3.63) is 34.8 Å². The number of rotatable bonds is 6. The third-order valence-electron chi connectivity index (χ3n) is 3.33. The highest BCUT2D eigenvalue weighted by atomic mass is 16.5. The Morgan fingerprint density at radius 2 is 2.17 bits per heavy atom. The first-order chi connectivity index (χ1) is 8.81. The molecular weight excluding hydrogens is 224 g/mol. The molecule has 0 saturated heterocycles. The summed E-state index contributed by atoms with van der Waals surface area (Å²) in [5.74, 6) is 0. The van der Waals surface area contributed by atoms with Gasteiger partial charge in [0, 0.05) is 38.6 Å². The maximum atomic E-state index is 5.09. The van der Waals surface area contributed by atoms with Gasteiger partial charge in [0.25, 0.3) is 0 Å². The molecule has 1 aliphatic rings. The van der Waals surface area contributed by atoms with E-state index >= 15 is 0 Å². The first-order valence-electron chi connectivity index (χ1n) is 6.60. The van der Waals surface area contributed by atoms with Crippen LogP contribution >= 0.6 is 0 Å². The molecule has 0 fully saturated rings. The standard InChI is InChI=1S/C15H22N2O/c1-17(10-5-11-18-2)12-13-8-9-16-15-7-4-3-6-14(13)15/h3-4,6-7H,5,8-12H2,1-2H3. The minimum atomic E-state index is 0.839. The SMILES string of the molecule is COCCCN(C)CC1=c2ccccc2=NCC1. The number of hydrogen-bond acceptors (Lipinski definition) is 3. The van der Waals surface area contributed by atoms with E-state index in [9.17, 15) is 0 Å². The van der Waals surface area contributed by atoms with Crippen LogP contribution < -0.4 is 10.6 Å². The first kappa shape index (κ1) is 13.2. The summed E-state index contributed by atoms with van der Waals surface area (Å²) in [5, 5.41) is 2.49. The Morgan fingerprint density at radius 3 is 3.00 bits per heavy atom. The van der Waals surface area contributed by atoms with E-state index in [0.717, 1.165) is 44.4 Å². The molecule has 1 aromatic carbocycles. The monoisotopic (exact) mass is 246 g/mol. The van der Waals surface area contributed by atoms with Gasteiger partial charge in [-0.25, -0.2) is 0 Å². The zero-order valence-corrected chi connectivity index (χ0v) is 11.4. The Balaban J connectivity index is 2.07. The Kier molecular flexibility index (Phi) is 4.90. The van der Waals surface area contributed by atoms with Crippen molar-refractivity contribution < 1.29 is 4.74 Å². The van der Waals surface area contributed by atoms with Crippen molar-refractivity contribution in [3.63, 3.8) is 0 Å². The highest BCUT2D eigenvalue weighted by molar-refractivity contribution is 5.47. The second kappa shape index (κ2) is 6.66. The minimum Gasteiger partial charge on any atom is -0.385 e. The number of methoxy groups -OCH3 is 1. The van der Waals surface area contributed by atoms with E-state index in [0.29, 0.717) is 0 Å². The van der Waals surface area contributed by atoms with Gasteiger partial charge in [-0.2, -0.15) is 0 Å². The van der Waals surface area contributed by atoms with E-state index in [2.05, 4.69) is 41.2 Å². The van der Waals surface area contributed by atoms with E-state index in [1.54, 1.807) is 7.11 Å². The van der Waals surface area contributed by atoms with E-state index in [1.165, 1.54) is 10.8 Å². The molecule has 18 heavy (non-hydrogen) atoms. The number of para-hydroxylation sites is 1. The lowest BCUT2D eigenvalue weighted by Gasteiger charge is -2.19. The Hall–Kier alpha value is -1.19. The molecule has 0 amide bonds. The largest absolute Gasteiger partial charge is 0.385 e. The van der Waals surface area contributed by atoms with Crippen LogP contribution in [0, 0.1) is 0 Å². The maximum absolute atomic E-state index is 5.09. The molecule has 0 atom stereocenters. The topological polar surface area (TPSA) is 24.8 Å². The zero-order chi connectivity index (χ0) is 12.8. The lowest BCUT2D eigenvalue weighted by Crippen LogP contribution is -2.35. The molecule has 0 bridgehead atoms. The predicted octanol–water partition coefficient (Wildman–Crippen LogP) is 0.829. The molecule has 0 unspecified atom stereocenters. The average molecular weight is 246 g/mol. The number of hydrogen-bond donors (Lipinski definition) is 0. The Morgan fingerprint density at radius 1 is 1.33 bits per heavy atom. The van der Waals surface area contributed by atoms with Gasteiger partial charge in [-0.3, -0.25) is 4.99 Å². The van der Waals surface area contributed by atoms with Gasteiger partial charge in [-0.05, 0) is 31.5 Å². The molecule has 98 valence electrons. The predicted molar refractivity (Wildman–Crippen MR) is 74.1 cm³/mol. The van der Waals surface area contributed by atoms with Gasteiger partial charge in [-0.15, -0.1) is 0 Å². The Labute approximate surface area is 109 Å². The van der Waals surface area contributed by atoms with Gasteiger partial charge >= 0.3 is 0 Å². The van der Waals surface area contributed by atoms with Gasteiger partial charge in [0.15, 0.2) is 0 Å². The van der Waals surface area contributed by atoms with Crippen LogP contribution in [0.4, 0.5) is 0 Å². The summed E-state index contributed by atoms with van der Waals surface area (Å²) in [6, 6.07) is 8.47. The van der Waals surface area contributed by atoms with Crippen LogP contribution in [0.15, 0.2) is 29.3 Å². The van der Waals surface area contributed by atoms with Gasteiger partial charge in [0.2, 0.25) is 0 Å². The molecule has 0 N–H and O–H groups in total. The summed E-state index contributed by atoms with van der Waals surface area (Å²) >= 11 is 0. The van der Waals surface area contributed by atoms with Crippen molar-refractivity contribution in [3.8, 4) is 0 Å². The van der Waals surface area contributed by atoms with Gasteiger partial charge in [0.05, 0.1) is 5.36 Å². The van der Waals surface area contributed by atoms with Gasteiger partial charge in [0.1, 0.15) is 0 Å². The molecule has 3 heteroatoms. The third kappa shape index (κ3) is 3.40. The average Bonchev–Trinajstić information content (AvgIpc) is 2.39. The molecule has 0 spiro atoms. The number of fused-ring (bicyclic) bond motifs is 1. The van der Waals surface area contributed by atoms with E-state index < -0.39 is 0 Å². The lowest BCUT2D eigenvalue weighted by molar-refractivity contribution is 0.182. The molecule has 1 heterocycles. The van der Waals surface area contributed by atoms with Crippen LogP contribution in [0.5, 0.6) is 0 Å². The van der Waals surface area contributed by atoms with Crippen LogP contribution in [0.1, 0.15) is 12.8 Å². The second-order valence-electron chi connectivity index (χ2n) is 4.84. The summed E-state index contributed by atoms with van der Waals surface area (Å²) in [6.45, 7) is 3.89. The Bertz CT molecular complexity index is 495. The smallest absolute Gasteiger partial charge is 0.0646 e. The van der Waals surface area contributed by atoms with Crippen LogP contribution in [0.3, 0.4) is 0 Å². The number of benzene rings is 1. The second-order valence-corrected chi connectivity index (χ2v) is 4.84. The van der Waals surface area contributed by atoms with E-state index in [1.807, 2.05) is 0 Å². The van der Waals surface area contributed by atoms with Crippen molar-refractivity contribution in [1.29, 1.82) is 0 Å². The van der Waals surface area contributed by atoms with Crippen molar-refractivity contribution in [2.45, 2.75) is 12.8 Å². The highest BCUT2D eigenvalue weighted by Gasteiger charge is 2.07. The lowest BCUT2D eigenvalue weighted by atomic mass is 10.1. The minimum absolute atomic E-state index is 0.839. The van der Waals surface area contributed by atoms with Gasteiger partial charge in [-0.1, -0.05) is 18.2 Å². The fourth-order valence-corrected chi connectivity index (χ4v) is 2.40. The van der Waals surface area contributed by atoms with Crippen molar-refractivity contribution >= 4 is 5.57 Å². The number of nitrogens with zero attached hydrogens (tertiary/aromatic N) is 2. The highest BCUT2D eigenvalue weighted by Crippen LogP contribution is 2.05. The molecule has 0 saturated carbocycles. The fourth-order valence-electron chi connectivity index (χ4n) is 2.40. The van der Waals surface area contributed by atoms with Crippen molar-refractivity contribution in [2.75, 3.05) is 40.4 Å². The van der Waals surface area contributed by atoms with Crippen LogP contribution in [0.25, 0.3) is 5.57 Å². The molecule has 1 aromatic rings. The summed E-state index contributed by atoms with van der Waals surface area (Å²) in [4.78, 5) is 6.94. The molecule has 1 aliphatic heterocycles. The third-order valence-corrected chi connectivity index (χ3v) is 3.33. The molecule has 3 nitrogen and oxygen atoms in total.